The number of hydrogen-bond donors (Lipinski definition) is 1. The lowest BCUT2D eigenvalue weighted by molar-refractivity contribution is -0.118. The van der Waals surface area contributed by atoms with E-state index in [1.165, 1.54) is 0 Å². The van der Waals surface area contributed by atoms with Crippen molar-refractivity contribution in [1.29, 1.82) is 0 Å². The van der Waals surface area contributed by atoms with Gasteiger partial charge in [-0.1, -0.05) is 39.8 Å². The molecule has 0 atom stereocenters. The highest BCUT2D eigenvalue weighted by Crippen LogP contribution is 2.68. The molecule has 1 aromatic carbocycles. The molecule has 2 rings (SSSR count). The first-order valence-electron chi connectivity index (χ1n) is 5.84. The molecule has 0 aliphatic heterocycles. The smallest absolute Gasteiger partial charge is 0.228 e. The Kier molecular flexibility index (Phi) is 3.00. The SMILES string of the molecule is CC1(C)C(C(=O)Nc2ccccc2I)C1(C)C. The van der Waals surface area contributed by atoms with E-state index in [0.29, 0.717) is 0 Å². The molecule has 1 aliphatic carbocycles. The summed E-state index contributed by atoms with van der Waals surface area (Å²) < 4.78 is 1.08. The van der Waals surface area contributed by atoms with Crippen molar-refractivity contribution in [3.05, 3.63) is 27.8 Å². The molecule has 0 aromatic heterocycles. The molecule has 0 radical (unpaired) electrons. The normalized spacial score (nSPS) is 21.0. The van der Waals surface area contributed by atoms with E-state index in [2.05, 4.69) is 55.6 Å². The fraction of sp³-hybridized carbons (Fsp3) is 0.500. The van der Waals surface area contributed by atoms with Crippen LogP contribution in [0.1, 0.15) is 27.7 Å². The molecule has 1 amide bonds. The number of carbonyl (C=O) groups is 1. The average Bonchev–Trinajstić information content (AvgIpc) is 2.61. The third-order valence-electron chi connectivity index (χ3n) is 4.41. The number of anilines is 1. The molecule has 0 saturated heterocycles. The summed E-state index contributed by atoms with van der Waals surface area (Å²) in [5, 5.41) is 3.04. The summed E-state index contributed by atoms with van der Waals surface area (Å²) >= 11 is 2.24. The molecule has 3 heteroatoms. The molecule has 1 aromatic rings. The Morgan fingerprint density at radius 3 is 2.18 bits per heavy atom. The number of amides is 1. The summed E-state index contributed by atoms with van der Waals surface area (Å²) in [5.41, 5.74) is 1.10. The van der Waals surface area contributed by atoms with Crippen LogP contribution in [0.2, 0.25) is 0 Å². The quantitative estimate of drug-likeness (QED) is 0.811. The standard InChI is InChI=1S/C14H18INO/c1-13(2)11(14(13,3)4)12(17)16-10-8-6-5-7-9(10)15/h5-8,11H,1-4H3,(H,16,17). The number of carbonyl (C=O) groups excluding carboxylic acids is 1. The first-order valence-corrected chi connectivity index (χ1v) is 6.92. The number of para-hydroxylation sites is 1. The molecule has 1 fully saturated rings. The monoisotopic (exact) mass is 343 g/mol. The predicted octanol–water partition coefficient (Wildman–Crippen LogP) is 3.91. The summed E-state index contributed by atoms with van der Waals surface area (Å²) in [6, 6.07) is 7.87. The Bertz CT molecular complexity index is 451. The van der Waals surface area contributed by atoms with Gasteiger partial charge in [0, 0.05) is 9.49 Å². The molecule has 0 unspecified atom stereocenters. The van der Waals surface area contributed by atoms with Gasteiger partial charge in [-0.15, -0.1) is 0 Å². The maximum Gasteiger partial charge on any atom is 0.228 e. The fourth-order valence-electron chi connectivity index (χ4n) is 2.62. The fourth-order valence-corrected chi connectivity index (χ4v) is 3.14. The van der Waals surface area contributed by atoms with Crippen molar-refractivity contribution < 1.29 is 4.79 Å². The van der Waals surface area contributed by atoms with Crippen molar-refractivity contribution in [2.24, 2.45) is 16.7 Å². The van der Waals surface area contributed by atoms with Crippen molar-refractivity contribution in [2.45, 2.75) is 27.7 Å². The van der Waals surface area contributed by atoms with Gasteiger partial charge in [0.1, 0.15) is 0 Å². The molecule has 0 heterocycles. The second-order valence-corrected chi connectivity index (χ2v) is 7.01. The Morgan fingerprint density at radius 1 is 1.18 bits per heavy atom. The van der Waals surface area contributed by atoms with Crippen molar-refractivity contribution in [2.75, 3.05) is 5.32 Å². The van der Waals surface area contributed by atoms with Gasteiger partial charge < -0.3 is 5.32 Å². The van der Waals surface area contributed by atoms with Crippen LogP contribution in [-0.4, -0.2) is 5.91 Å². The van der Waals surface area contributed by atoms with E-state index in [9.17, 15) is 4.79 Å². The van der Waals surface area contributed by atoms with E-state index in [0.717, 1.165) is 9.26 Å². The van der Waals surface area contributed by atoms with Crippen molar-refractivity contribution in [3.63, 3.8) is 0 Å². The van der Waals surface area contributed by atoms with Gasteiger partial charge in [0.2, 0.25) is 5.91 Å². The summed E-state index contributed by atoms with van der Waals surface area (Å²) in [4.78, 5) is 12.2. The van der Waals surface area contributed by atoms with Crippen LogP contribution in [0.25, 0.3) is 0 Å². The summed E-state index contributed by atoms with van der Waals surface area (Å²) in [6.45, 7) is 8.64. The molecular formula is C14H18INO. The third kappa shape index (κ3) is 1.98. The van der Waals surface area contributed by atoms with Crippen LogP contribution < -0.4 is 5.32 Å². The lowest BCUT2D eigenvalue weighted by Gasteiger charge is -2.08. The van der Waals surface area contributed by atoms with Crippen LogP contribution in [0.4, 0.5) is 5.69 Å². The van der Waals surface area contributed by atoms with E-state index in [-0.39, 0.29) is 22.7 Å². The van der Waals surface area contributed by atoms with E-state index >= 15 is 0 Å². The summed E-state index contributed by atoms with van der Waals surface area (Å²) in [6.07, 6.45) is 0. The largest absolute Gasteiger partial charge is 0.325 e. The highest BCUT2D eigenvalue weighted by atomic mass is 127. The third-order valence-corrected chi connectivity index (χ3v) is 5.36. The van der Waals surface area contributed by atoms with Gasteiger partial charge in [-0.3, -0.25) is 4.79 Å². The first kappa shape index (κ1) is 12.9. The molecule has 17 heavy (non-hydrogen) atoms. The second-order valence-electron chi connectivity index (χ2n) is 5.85. The Hall–Kier alpha value is -0.580. The van der Waals surface area contributed by atoms with Gasteiger partial charge in [-0.25, -0.2) is 0 Å². The summed E-state index contributed by atoms with van der Waals surface area (Å²) in [5.74, 6) is 0.245. The number of rotatable bonds is 2. The molecule has 1 aliphatic rings. The maximum atomic E-state index is 12.2. The van der Waals surface area contributed by atoms with Gasteiger partial charge in [0.15, 0.2) is 0 Å². The molecule has 0 bridgehead atoms. The van der Waals surface area contributed by atoms with Crippen LogP contribution >= 0.6 is 22.6 Å². The second kappa shape index (κ2) is 3.97. The Morgan fingerprint density at radius 2 is 1.71 bits per heavy atom. The molecule has 92 valence electrons. The maximum absolute atomic E-state index is 12.2. The first-order chi connectivity index (χ1) is 7.78. The van der Waals surface area contributed by atoms with Crippen molar-refractivity contribution in [1.82, 2.24) is 0 Å². The highest BCUT2D eigenvalue weighted by Gasteiger charge is 2.68. The molecular weight excluding hydrogens is 325 g/mol. The minimum atomic E-state index is 0.0945. The summed E-state index contributed by atoms with van der Waals surface area (Å²) in [7, 11) is 0. The Balaban J connectivity index is 2.13. The predicted molar refractivity (Wildman–Crippen MR) is 78.8 cm³/mol. The van der Waals surface area contributed by atoms with Crippen molar-refractivity contribution >= 4 is 34.2 Å². The van der Waals surface area contributed by atoms with E-state index in [1.54, 1.807) is 0 Å². The topological polar surface area (TPSA) is 29.1 Å². The number of benzene rings is 1. The minimum absolute atomic E-state index is 0.0945. The number of nitrogens with one attached hydrogen (secondary N) is 1. The van der Waals surface area contributed by atoms with Crippen LogP contribution in [0.5, 0.6) is 0 Å². The number of hydrogen-bond acceptors (Lipinski definition) is 1. The van der Waals surface area contributed by atoms with E-state index < -0.39 is 0 Å². The molecule has 0 spiro atoms. The van der Waals surface area contributed by atoms with Crippen LogP contribution in [0.3, 0.4) is 0 Å². The van der Waals surface area contributed by atoms with Gasteiger partial charge in [0.05, 0.1) is 5.69 Å². The van der Waals surface area contributed by atoms with E-state index in [4.69, 9.17) is 0 Å². The van der Waals surface area contributed by atoms with Gasteiger partial charge in [0.25, 0.3) is 0 Å². The van der Waals surface area contributed by atoms with Crippen LogP contribution in [-0.2, 0) is 4.79 Å². The lowest BCUT2D eigenvalue weighted by atomic mass is 10.0. The average molecular weight is 343 g/mol. The molecule has 1 N–H and O–H groups in total. The molecule has 1 saturated carbocycles. The number of halogens is 1. The minimum Gasteiger partial charge on any atom is -0.325 e. The van der Waals surface area contributed by atoms with Gasteiger partial charge in [-0.2, -0.15) is 0 Å². The van der Waals surface area contributed by atoms with Crippen molar-refractivity contribution in [3.8, 4) is 0 Å². The zero-order valence-electron chi connectivity index (χ0n) is 10.7. The van der Waals surface area contributed by atoms with Crippen LogP contribution in [0, 0.1) is 20.3 Å². The van der Waals surface area contributed by atoms with Gasteiger partial charge >= 0.3 is 0 Å². The zero-order valence-corrected chi connectivity index (χ0v) is 12.8. The lowest BCUT2D eigenvalue weighted by Crippen LogP contribution is -2.18. The van der Waals surface area contributed by atoms with Gasteiger partial charge in [-0.05, 0) is 45.6 Å². The zero-order chi connectivity index (χ0) is 12.8. The highest BCUT2D eigenvalue weighted by molar-refractivity contribution is 14.1. The van der Waals surface area contributed by atoms with Crippen LogP contribution in [0.15, 0.2) is 24.3 Å². The van der Waals surface area contributed by atoms with E-state index in [1.807, 2.05) is 24.3 Å². The Labute approximate surface area is 116 Å². The molecule has 2 nitrogen and oxygen atoms in total.